The molecular weight excluding hydrogens is 240 g/mol. The van der Waals surface area contributed by atoms with Crippen LogP contribution in [-0.2, 0) is 9.53 Å². The van der Waals surface area contributed by atoms with Crippen LogP contribution in [0, 0.1) is 5.41 Å². The highest BCUT2D eigenvalue weighted by Gasteiger charge is 2.50. The second-order valence-corrected chi connectivity index (χ2v) is 7.45. The number of hydrogen-bond acceptors (Lipinski definition) is 3. The van der Waals surface area contributed by atoms with E-state index in [0.29, 0.717) is 5.41 Å². The lowest BCUT2D eigenvalue weighted by molar-refractivity contribution is -0.149. The van der Waals surface area contributed by atoms with Crippen molar-refractivity contribution in [2.45, 2.75) is 52.7 Å². The zero-order valence-electron chi connectivity index (χ0n) is 13.0. The monoisotopic (exact) mass is 268 g/mol. The van der Waals surface area contributed by atoms with Crippen molar-refractivity contribution in [1.29, 1.82) is 0 Å². The van der Waals surface area contributed by atoms with Gasteiger partial charge in [0.1, 0.15) is 6.61 Å². The minimum atomic E-state index is 0.127. The lowest BCUT2D eigenvalue weighted by atomic mass is 9.79. The molecule has 2 rings (SSSR count). The van der Waals surface area contributed by atoms with E-state index in [4.69, 9.17) is 4.74 Å². The van der Waals surface area contributed by atoms with E-state index < -0.39 is 0 Å². The highest BCUT2D eigenvalue weighted by Crippen LogP contribution is 2.41. The van der Waals surface area contributed by atoms with Crippen LogP contribution in [-0.4, -0.2) is 60.1 Å². The Kier molecular flexibility index (Phi) is 3.94. The molecule has 0 unspecified atom stereocenters. The molecule has 0 aromatic carbocycles. The van der Waals surface area contributed by atoms with Crippen molar-refractivity contribution < 1.29 is 9.53 Å². The minimum Gasteiger partial charge on any atom is -0.369 e. The Morgan fingerprint density at radius 1 is 1.26 bits per heavy atom. The molecule has 4 nitrogen and oxygen atoms in total. The molecule has 2 aliphatic heterocycles. The number of likely N-dealkylation sites (tertiary alicyclic amines) is 2. The fourth-order valence-corrected chi connectivity index (χ4v) is 3.03. The van der Waals surface area contributed by atoms with Gasteiger partial charge in [-0.15, -0.1) is 0 Å². The molecule has 0 radical (unpaired) electrons. The predicted octanol–water partition coefficient (Wildman–Crippen LogP) is 1.74. The molecule has 2 heterocycles. The van der Waals surface area contributed by atoms with Crippen molar-refractivity contribution in [3.05, 3.63) is 0 Å². The Bertz CT molecular complexity index is 341. The van der Waals surface area contributed by atoms with E-state index in [-0.39, 0.29) is 24.2 Å². The second-order valence-electron chi connectivity index (χ2n) is 7.45. The summed E-state index contributed by atoms with van der Waals surface area (Å²) in [5, 5.41) is 0. The van der Waals surface area contributed by atoms with Crippen molar-refractivity contribution in [3.8, 4) is 0 Å². The molecule has 0 aromatic rings. The molecule has 19 heavy (non-hydrogen) atoms. The molecule has 0 N–H and O–H groups in total. The van der Waals surface area contributed by atoms with E-state index in [1.54, 1.807) is 0 Å². The summed E-state index contributed by atoms with van der Waals surface area (Å²) in [5.41, 5.74) is 0.607. The van der Waals surface area contributed by atoms with E-state index in [0.717, 1.165) is 26.2 Å². The third-order valence-electron chi connectivity index (χ3n) is 4.33. The topological polar surface area (TPSA) is 32.8 Å². The number of carbonyl (C=O) groups is 1. The summed E-state index contributed by atoms with van der Waals surface area (Å²) in [4.78, 5) is 16.4. The quantitative estimate of drug-likeness (QED) is 0.781. The first-order chi connectivity index (χ1) is 8.72. The van der Waals surface area contributed by atoms with Crippen LogP contribution < -0.4 is 0 Å². The van der Waals surface area contributed by atoms with Crippen LogP contribution in [0.25, 0.3) is 0 Å². The van der Waals surface area contributed by atoms with Gasteiger partial charge in [-0.2, -0.15) is 0 Å². The molecule has 0 bridgehead atoms. The standard InChI is InChI=1S/C15H28N2O2/c1-12(2)19-8-13(18)16-9-15(10-16)6-7-17(11-15)14(3,4)5/h12H,6-11H2,1-5H3. The summed E-state index contributed by atoms with van der Waals surface area (Å²) in [6.07, 6.45) is 1.35. The number of ether oxygens (including phenoxy) is 1. The van der Waals surface area contributed by atoms with Gasteiger partial charge in [0.25, 0.3) is 0 Å². The number of rotatable bonds is 3. The van der Waals surface area contributed by atoms with Gasteiger partial charge in [-0.1, -0.05) is 0 Å². The third kappa shape index (κ3) is 3.29. The van der Waals surface area contributed by atoms with E-state index in [2.05, 4.69) is 25.7 Å². The van der Waals surface area contributed by atoms with E-state index in [1.165, 1.54) is 6.42 Å². The molecule has 2 fully saturated rings. The highest BCUT2D eigenvalue weighted by atomic mass is 16.5. The van der Waals surface area contributed by atoms with E-state index in [9.17, 15) is 4.79 Å². The highest BCUT2D eigenvalue weighted by molar-refractivity contribution is 5.78. The van der Waals surface area contributed by atoms with Crippen LogP contribution in [0.2, 0.25) is 0 Å². The van der Waals surface area contributed by atoms with Crippen LogP contribution >= 0.6 is 0 Å². The lowest BCUT2D eigenvalue weighted by Crippen LogP contribution is -2.60. The van der Waals surface area contributed by atoms with Gasteiger partial charge in [-0.3, -0.25) is 9.69 Å². The Balaban J connectivity index is 1.78. The average molecular weight is 268 g/mol. The van der Waals surface area contributed by atoms with Crippen LogP contribution in [0.15, 0.2) is 0 Å². The summed E-state index contributed by atoms with van der Waals surface area (Å²) < 4.78 is 5.39. The maximum absolute atomic E-state index is 11.9. The number of amides is 1. The third-order valence-corrected chi connectivity index (χ3v) is 4.33. The SMILES string of the molecule is CC(C)OCC(=O)N1CC2(CCN(C(C)(C)C)C2)C1. The Morgan fingerprint density at radius 2 is 1.89 bits per heavy atom. The van der Waals surface area contributed by atoms with Gasteiger partial charge in [0.2, 0.25) is 5.91 Å². The molecule has 1 spiro atoms. The zero-order chi connectivity index (χ0) is 14.3. The summed E-state index contributed by atoms with van der Waals surface area (Å²) in [6, 6.07) is 0. The van der Waals surface area contributed by atoms with Crippen molar-refractivity contribution >= 4 is 5.91 Å². The van der Waals surface area contributed by atoms with E-state index in [1.807, 2.05) is 18.7 Å². The van der Waals surface area contributed by atoms with Gasteiger partial charge in [0, 0.05) is 30.6 Å². The first kappa shape index (κ1) is 14.8. The Labute approximate surface area is 117 Å². The van der Waals surface area contributed by atoms with Crippen molar-refractivity contribution in [3.63, 3.8) is 0 Å². The summed E-state index contributed by atoms with van der Waals surface area (Å²) in [5.74, 6) is 0.147. The summed E-state index contributed by atoms with van der Waals surface area (Å²) >= 11 is 0. The molecule has 0 saturated carbocycles. The van der Waals surface area contributed by atoms with Gasteiger partial charge in [0.15, 0.2) is 0 Å². The van der Waals surface area contributed by atoms with Gasteiger partial charge < -0.3 is 9.64 Å². The molecule has 2 saturated heterocycles. The summed E-state index contributed by atoms with van der Waals surface area (Å²) in [6.45, 7) is 15.1. The smallest absolute Gasteiger partial charge is 0.248 e. The predicted molar refractivity (Wildman–Crippen MR) is 76.0 cm³/mol. The molecular formula is C15H28N2O2. The lowest BCUT2D eigenvalue weighted by Gasteiger charge is -2.48. The van der Waals surface area contributed by atoms with E-state index >= 15 is 0 Å². The first-order valence-electron chi connectivity index (χ1n) is 7.36. The van der Waals surface area contributed by atoms with Gasteiger partial charge in [0.05, 0.1) is 6.10 Å². The molecule has 1 amide bonds. The molecule has 0 aliphatic carbocycles. The maximum atomic E-state index is 11.9. The van der Waals surface area contributed by atoms with Gasteiger partial charge in [-0.05, 0) is 47.6 Å². The largest absolute Gasteiger partial charge is 0.369 e. The fourth-order valence-electron chi connectivity index (χ4n) is 3.03. The number of nitrogens with zero attached hydrogens (tertiary/aromatic N) is 2. The van der Waals surface area contributed by atoms with Crippen LogP contribution in [0.4, 0.5) is 0 Å². The minimum absolute atomic E-state index is 0.127. The van der Waals surface area contributed by atoms with Crippen LogP contribution in [0.3, 0.4) is 0 Å². The fraction of sp³-hybridized carbons (Fsp3) is 0.933. The normalized spacial score (nSPS) is 23.2. The number of carbonyl (C=O) groups excluding carboxylic acids is 1. The van der Waals surface area contributed by atoms with Crippen molar-refractivity contribution in [2.75, 3.05) is 32.8 Å². The molecule has 4 heteroatoms. The zero-order valence-corrected chi connectivity index (χ0v) is 13.0. The Morgan fingerprint density at radius 3 is 2.37 bits per heavy atom. The van der Waals surface area contributed by atoms with Gasteiger partial charge >= 0.3 is 0 Å². The first-order valence-corrected chi connectivity index (χ1v) is 7.36. The molecule has 0 atom stereocenters. The molecule has 110 valence electrons. The van der Waals surface area contributed by atoms with Crippen molar-refractivity contribution in [1.82, 2.24) is 9.80 Å². The Hall–Kier alpha value is -0.610. The molecule has 2 aliphatic rings. The maximum Gasteiger partial charge on any atom is 0.248 e. The summed E-state index contributed by atoms with van der Waals surface area (Å²) in [7, 11) is 0. The van der Waals surface area contributed by atoms with Crippen LogP contribution in [0.5, 0.6) is 0 Å². The number of hydrogen-bond donors (Lipinski definition) is 0. The van der Waals surface area contributed by atoms with Gasteiger partial charge in [-0.25, -0.2) is 0 Å². The molecule has 0 aromatic heterocycles. The van der Waals surface area contributed by atoms with Crippen molar-refractivity contribution in [2.24, 2.45) is 5.41 Å². The second kappa shape index (κ2) is 5.06. The van der Waals surface area contributed by atoms with Crippen LogP contribution in [0.1, 0.15) is 41.0 Å². The average Bonchev–Trinajstić information content (AvgIpc) is 2.68.